The Morgan fingerprint density at radius 2 is 1.68 bits per heavy atom. The predicted molar refractivity (Wildman–Crippen MR) is 87.5 cm³/mol. The van der Waals surface area contributed by atoms with Gasteiger partial charge in [-0.15, -0.1) is 0 Å². The summed E-state index contributed by atoms with van der Waals surface area (Å²) in [5.74, 6) is -0.760. The van der Waals surface area contributed by atoms with E-state index in [1.807, 2.05) is 43.3 Å². The highest BCUT2D eigenvalue weighted by atomic mass is 79.9. The lowest BCUT2D eigenvalue weighted by Crippen LogP contribution is -2.30. The van der Waals surface area contributed by atoms with Crippen LogP contribution in [-0.2, 0) is 16.1 Å². The summed E-state index contributed by atoms with van der Waals surface area (Å²) in [6.45, 7) is 1.98. The van der Waals surface area contributed by atoms with E-state index in [1.165, 1.54) is 0 Å². The van der Waals surface area contributed by atoms with E-state index in [0.717, 1.165) is 15.6 Å². The number of carbonyl (C=O) groups excluding carboxylic acids is 2. The molecule has 114 valence electrons. The van der Waals surface area contributed by atoms with Crippen LogP contribution in [0.15, 0.2) is 53.0 Å². The lowest BCUT2D eigenvalue weighted by molar-refractivity contribution is -0.143. The van der Waals surface area contributed by atoms with Gasteiger partial charge in [-0.1, -0.05) is 45.8 Å². The smallest absolute Gasteiger partial charge is 0.325 e. The number of amides is 1. The molecule has 2 aromatic carbocycles. The molecule has 0 aliphatic rings. The molecule has 0 radical (unpaired) electrons. The van der Waals surface area contributed by atoms with E-state index in [-0.39, 0.29) is 19.1 Å². The molecule has 0 atom stereocenters. The maximum absolute atomic E-state index is 11.8. The van der Waals surface area contributed by atoms with Crippen molar-refractivity contribution in [2.45, 2.75) is 13.5 Å². The number of ether oxygens (including phenoxy) is 1. The standard InChI is InChI=1S/C17H16BrNO3/c1-12-2-6-14(7-3-12)17(21)19-10-16(20)22-11-13-4-8-15(18)9-5-13/h2-9H,10-11H2,1H3,(H,19,21). The van der Waals surface area contributed by atoms with Crippen molar-refractivity contribution in [1.29, 1.82) is 0 Å². The monoisotopic (exact) mass is 361 g/mol. The van der Waals surface area contributed by atoms with Crippen molar-refractivity contribution in [3.8, 4) is 0 Å². The zero-order valence-corrected chi connectivity index (χ0v) is 13.7. The summed E-state index contributed by atoms with van der Waals surface area (Å²) in [6, 6.07) is 14.6. The number of benzene rings is 2. The van der Waals surface area contributed by atoms with E-state index in [4.69, 9.17) is 4.74 Å². The Bertz CT molecular complexity index is 651. The normalized spacial score (nSPS) is 10.1. The maximum Gasteiger partial charge on any atom is 0.325 e. The Balaban J connectivity index is 1.76. The molecule has 0 fully saturated rings. The zero-order chi connectivity index (χ0) is 15.9. The summed E-state index contributed by atoms with van der Waals surface area (Å²) in [6.07, 6.45) is 0. The Labute approximate surface area is 137 Å². The summed E-state index contributed by atoms with van der Waals surface area (Å²) >= 11 is 3.34. The van der Waals surface area contributed by atoms with Crippen LogP contribution in [0.4, 0.5) is 0 Å². The van der Waals surface area contributed by atoms with Crippen molar-refractivity contribution in [2.24, 2.45) is 0 Å². The second-order valence-corrected chi connectivity index (χ2v) is 5.75. The quantitative estimate of drug-likeness (QED) is 0.831. The topological polar surface area (TPSA) is 55.4 Å². The first-order valence-electron chi connectivity index (χ1n) is 6.79. The van der Waals surface area contributed by atoms with Gasteiger partial charge in [0, 0.05) is 10.0 Å². The summed E-state index contributed by atoms with van der Waals surface area (Å²) in [5.41, 5.74) is 2.48. The molecule has 22 heavy (non-hydrogen) atoms. The minimum absolute atomic E-state index is 0.150. The molecule has 0 unspecified atom stereocenters. The van der Waals surface area contributed by atoms with Gasteiger partial charge in [-0.2, -0.15) is 0 Å². The van der Waals surface area contributed by atoms with Gasteiger partial charge in [0.2, 0.25) is 0 Å². The molecule has 1 N–H and O–H groups in total. The van der Waals surface area contributed by atoms with E-state index >= 15 is 0 Å². The first kappa shape index (κ1) is 16.2. The van der Waals surface area contributed by atoms with Gasteiger partial charge in [0.05, 0.1) is 0 Å². The highest BCUT2D eigenvalue weighted by molar-refractivity contribution is 9.10. The van der Waals surface area contributed by atoms with Gasteiger partial charge in [-0.05, 0) is 36.8 Å². The third-order valence-corrected chi connectivity index (χ3v) is 3.55. The molecular formula is C17H16BrNO3. The fourth-order valence-corrected chi connectivity index (χ4v) is 2.02. The molecule has 2 rings (SSSR count). The van der Waals surface area contributed by atoms with Gasteiger partial charge in [0.25, 0.3) is 5.91 Å². The molecule has 0 spiro atoms. The summed E-state index contributed by atoms with van der Waals surface area (Å²) < 4.78 is 6.07. The van der Waals surface area contributed by atoms with Crippen LogP contribution in [0.5, 0.6) is 0 Å². The van der Waals surface area contributed by atoms with Crippen LogP contribution in [0.2, 0.25) is 0 Å². The minimum Gasteiger partial charge on any atom is -0.460 e. The van der Waals surface area contributed by atoms with E-state index in [0.29, 0.717) is 5.56 Å². The van der Waals surface area contributed by atoms with Gasteiger partial charge >= 0.3 is 5.97 Å². The lowest BCUT2D eigenvalue weighted by Gasteiger charge is -2.07. The van der Waals surface area contributed by atoms with Crippen molar-refractivity contribution in [3.05, 3.63) is 69.7 Å². The van der Waals surface area contributed by atoms with Gasteiger partial charge in [-0.3, -0.25) is 9.59 Å². The number of aryl methyl sites for hydroxylation is 1. The molecule has 2 aromatic rings. The van der Waals surface area contributed by atoms with Crippen LogP contribution >= 0.6 is 15.9 Å². The summed E-state index contributed by atoms with van der Waals surface area (Å²) in [4.78, 5) is 23.5. The Morgan fingerprint density at radius 3 is 2.32 bits per heavy atom. The van der Waals surface area contributed by atoms with Crippen LogP contribution in [0.1, 0.15) is 21.5 Å². The average molecular weight is 362 g/mol. The highest BCUT2D eigenvalue weighted by Gasteiger charge is 2.08. The molecule has 0 aliphatic carbocycles. The molecule has 0 heterocycles. The zero-order valence-electron chi connectivity index (χ0n) is 12.1. The number of esters is 1. The van der Waals surface area contributed by atoms with Crippen molar-refractivity contribution < 1.29 is 14.3 Å². The van der Waals surface area contributed by atoms with Crippen LogP contribution in [-0.4, -0.2) is 18.4 Å². The first-order chi connectivity index (χ1) is 10.5. The second kappa shape index (κ2) is 7.75. The van der Waals surface area contributed by atoms with Crippen LogP contribution in [0.3, 0.4) is 0 Å². The number of hydrogen-bond donors (Lipinski definition) is 1. The van der Waals surface area contributed by atoms with Gasteiger partial charge in [0.15, 0.2) is 0 Å². The fraction of sp³-hybridized carbons (Fsp3) is 0.176. The van der Waals surface area contributed by atoms with Crippen molar-refractivity contribution in [3.63, 3.8) is 0 Å². The van der Waals surface area contributed by atoms with Crippen molar-refractivity contribution in [2.75, 3.05) is 6.54 Å². The number of halogens is 1. The highest BCUT2D eigenvalue weighted by Crippen LogP contribution is 2.11. The lowest BCUT2D eigenvalue weighted by atomic mass is 10.1. The fourth-order valence-electron chi connectivity index (χ4n) is 1.75. The van der Waals surface area contributed by atoms with Gasteiger partial charge in [-0.25, -0.2) is 0 Å². The van der Waals surface area contributed by atoms with E-state index in [1.54, 1.807) is 12.1 Å². The maximum atomic E-state index is 11.8. The minimum atomic E-state index is -0.469. The second-order valence-electron chi connectivity index (χ2n) is 4.84. The van der Waals surface area contributed by atoms with E-state index in [2.05, 4.69) is 21.2 Å². The van der Waals surface area contributed by atoms with E-state index in [9.17, 15) is 9.59 Å². The predicted octanol–water partition coefficient (Wildman–Crippen LogP) is 3.23. The Hall–Kier alpha value is -2.14. The summed E-state index contributed by atoms with van der Waals surface area (Å²) in [7, 11) is 0. The van der Waals surface area contributed by atoms with Gasteiger partial charge < -0.3 is 10.1 Å². The first-order valence-corrected chi connectivity index (χ1v) is 7.59. The Kier molecular flexibility index (Phi) is 5.72. The molecule has 0 aliphatic heterocycles. The molecule has 4 nitrogen and oxygen atoms in total. The molecule has 0 aromatic heterocycles. The SMILES string of the molecule is Cc1ccc(C(=O)NCC(=O)OCc2ccc(Br)cc2)cc1. The van der Waals surface area contributed by atoms with Gasteiger partial charge in [0.1, 0.15) is 13.2 Å². The molecule has 5 heteroatoms. The van der Waals surface area contributed by atoms with Crippen molar-refractivity contribution in [1.82, 2.24) is 5.32 Å². The number of rotatable bonds is 5. The van der Waals surface area contributed by atoms with Crippen LogP contribution < -0.4 is 5.32 Å². The molecule has 0 saturated carbocycles. The molecular weight excluding hydrogens is 346 g/mol. The third-order valence-electron chi connectivity index (χ3n) is 3.02. The summed E-state index contributed by atoms with van der Waals surface area (Å²) in [5, 5.41) is 2.54. The van der Waals surface area contributed by atoms with Crippen molar-refractivity contribution >= 4 is 27.8 Å². The Morgan fingerprint density at radius 1 is 1.05 bits per heavy atom. The molecule has 1 amide bonds. The van der Waals surface area contributed by atoms with E-state index < -0.39 is 5.97 Å². The molecule has 0 bridgehead atoms. The number of hydrogen-bond acceptors (Lipinski definition) is 3. The average Bonchev–Trinajstić information content (AvgIpc) is 2.52. The molecule has 0 saturated heterocycles. The number of nitrogens with one attached hydrogen (secondary N) is 1. The largest absolute Gasteiger partial charge is 0.460 e. The number of carbonyl (C=O) groups is 2. The van der Waals surface area contributed by atoms with Crippen LogP contribution in [0, 0.1) is 6.92 Å². The van der Waals surface area contributed by atoms with Crippen LogP contribution in [0.25, 0.3) is 0 Å². The third kappa shape index (κ3) is 5.00.